The van der Waals surface area contributed by atoms with E-state index >= 15 is 0 Å². The van der Waals surface area contributed by atoms with E-state index in [-0.39, 0.29) is 26.5 Å². The summed E-state index contributed by atoms with van der Waals surface area (Å²) in [4.78, 5) is 37.3. The van der Waals surface area contributed by atoms with Gasteiger partial charge in [-0.1, -0.05) is 40.9 Å². The number of nitrogens with one attached hydrogen (secondary N) is 1. The van der Waals surface area contributed by atoms with Crippen LogP contribution in [0.4, 0.5) is 5.69 Å². The Hall–Kier alpha value is -2.94. The molecule has 0 radical (unpaired) electrons. The molecule has 0 spiro atoms. The van der Waals surface area contributed by atoms with Crippen LogP contribution in [0.25, 0.3) is 6.08 Å². The summed E-state index contributed by atoms with van der Waals surface area (Å²) in [5, 5.41) is 11.3. The summed E-state index contributed by atoms with van der Waals surface area (Å²) in [6.45, 7) is 1.29. The molecule has 2 aromatic rings. The molecule has 2 amide bonds. The number of nitrogens with zero attached hydrogens (tertiary/aromatic N) is 1. The number of rotatable bonds is 5. The third-order valence-corrected chi connectivity index (χ3v) is 4.91. The summed E-state index contributed by atoms with van der Waals surface area (Å²) in [6.07, 6.45) is 1.32. The third kappa shape index (κ3) is 4.62. The highest BCUT2D eigenvalue weighted by Gasteiger charge is 2.34. The van der Waals surface area contributed by atoms with E-state index in [1.165, 1.54) is 23.1 Å². The summed E-state index contributed by atoms with van der Waals surface area (Å²) in [7, 11) is 0. The topological polar surface area (TPSA) is 95.9 Å². The zero-order chi connectivity index (χ0) is 22.0. The number of benzene rings is 2. The molecule has 1 saturated heterocycles. The number of anilines is 1. The van der Waals surface area contributed by atoms with E-state index in [4.69, 9.17) is 45.3 Å². The van der Waals surface area contributed by atoms with E-state index in [9.17, 15) is 14.4 Å². The quantitative estimate of drug-likeness (QED) is 0.398. The number of carboxylic acids is 1. The van der Waals surface area contributed by atoms with E-state index in [2.05, 4.69) is 5.32 Å². The van der Waals surface area contributed by atoms with Crippen molar-refractivity contribution in [1.29, 1.82) is 0 Å². The number of amides is 2. The van der Waals surface area contributed by atoms with Crippen molar-refractivity contribution in [1.82, 2.24) is 5.32 Å². The molecule has 1 aliphatic rings. The minimum Gasteiger partial charge on any atom is -0.479 e. The Labute approximate surface area is 186 Å². The average molecular weight is 465 g/mol. The first-order valence-electron chi connectivity index (χ1n) is 8.49. The van der Waals surface area contributed by atoms with Gasteiger partial charge < -0.3 is 9.84 Å². The normalized spacial score (nSPS) is 15.4. The number of aliphatic carboxylic acids is 1. The van der Waals surface area contributed by atoms with Gasteiger partial charge in [-0.3, -0.25) is 19.8 Å². The maximum atomic E-state index is 13.0. The fraction of sp³-hybridized carbons (Fsp3) is 0.100. The van der Waals surface area contributed by atoms with E-state index in [0.717, 1.165) is 5.56 Å². The highest BCUT2D eigenvalue weighted by molar-refractivity contribution is 7.80. The molecule has 154 valence electrons. The van der Waals surface area contributed by atoms with Crippen molar-refractivity contribution in [3.05, 3.63) is 63.1 Å². The van der Waals surface area contributed by atoms with Crippen LogP contribution in [0.2, 0.25) is 10.0 Å². The summed E-state index contributed by atoms with van der Waals surface area (Å²) < 4.78 is 5.06. The minimum atomic E-state index is -1.19. The summed E-state index contributed by atoms with van der Waals surface area (Å²) in [6, 6.07) is 9.89. The maximum absolute atomic E-state index is 13.0. The molecule has 0 bridgehead atoms. The van der Waals surface area contributed by atoms with Crippen LogP contribution in [0.15, 0.2) is 42.0 Å². The van der Waals surface area contributed by atoms with Gasteiger partial charge in [0, 0.05) is 0 Å². The van der Waals surface area contributed by atoms with Gasteiger partial charge >= 0.3 is 5.97 Å². The Bertz CT molecular complexity index is 1080. The van der Waals surface area contributed by atoms with Crippen LogP contribution in [0.1, 0.15) is 11.1 Å². The maximum Gasteiger partial charge on any atom is 0.341 e. The van der Waals surface area contributed by atoms with Crippen LogP contribution in [0.5, 0.6) is 5.75 Å². The van der Waals surface area contributed by atoms with Crippen LogP contribution in [-0.4, -0.2) is 34.6 Å². The van der Waals surface area contributed by atoms with Crippen LogP contribution in [0, 0.1) is 6.92 Å². The van der Waals surface area contributed by atoms with Crippen LogP contribution in [-0.2, 0) is 14.4 Å². The Balaban J connectivity index is 1.96. The van der Waals surface area contributed by atoms with Gasteiger partial charge in [-0.25, -0.2) is 4.79 Å². The first kappa shape index (κ1) is 21.8. The largest absolute Gasteiger partial charge is 0.479 e. The third-order valence-electron chi connectivity index (χ3n) is 4.07. The Kier molecular flexibility index (Phi) is 6.40. The fourth-order valence-corrected chi connectivity index (χ4v) is 3.58. The molecule has 10 heteroatoms. The number of hydrogen-bond acceptors (Lipinski definition) is 5. The van der Waals surface area contributed by atoms with Crippen LogP contribution in [0.3, 0.4) is 0 Å². The molecule has 3 rings (SSSR count). The molecule has 1 fully saturated rings. The van der Waals surface area contributed by atoms with Gasteiger partial charge in [-0.2, -0.15) is 0 Å². The van der Waals surface area contributed by atoms with Crippen molar-refractivity contribution in [2.45, 2.75) is 6.92 Å². The van der Waals surface area contributed by atoms with Crippen molar-refractivity contribution < 1.29 is 24.2 Å². The van der Waals surface area contributed by atoms with Gasteiger partial charge in [0.25, 0.3) is 11.8 Å². The number of carbonyl (C=O) groups is 3. The van der Waals surface area contributed by atoms with Crippen molar-refractivity contribution in [2.24, 2.45) is 0 Å². The predicted octanol–water partition coefficient (Wildman–Crippen LogP) is 3.60. The predicted molar refractivity (Wildman–Crippen MR) is 117 cm³/mol. The van der Waals surface area contributed by atoms with Crippen molar-refractivity contribution >= 4 is 70.1 Å². The molecule has 2 N–H and O–H groups in total. The number of aryl methyl sites for hydroxylation is 1. The number of carbonyl (C=O) groups excluding carboxylic acids is 2. The molecular formula is C20H14Cl2N2O5S. The molecule has 2 aromatic carbocycles. The lowest BCUT2D eigenvalue weighted by Gasteiger charge is -2.29. The number of ether oxygens (including phenoxy) is 1. The van der Waals surface area contributed by atoms with Crippen molar-refractivity contribution in [3.8, 4) is 5.75 Å². The molecule has 0 aromatic heterocycles. The zero-order valence-corrected chi connectivity index (χ0v) is 17.8. The number of carboxylic acid groups (broad SMARTS) is 1. The molecule has 30 heavy (non-hydrogen) atoms. The zero-order valence-electron chi connectivity index (χ0n) is 15.4. The SMILES string of the molecule is Cc1ccc(N2C(=O)C(=Cc3cc(Cl)c(OCC(=O)O)c(Cl)c3)C(=O)NC2=S)cc1. The van der Waals surface area contributed by atoms with E-state index in [1.807, 2.05) is 19.1 Å². The number of hydrogen-bond donors (Lipinski definition) is 2. The molecule has 1 heterocycles. The van der Waals surface area contributed by atoms with Gasteiger partial charge in [-0.05, 0) is 55.0 Å². The molecule has 0 aliphatic carbocycles. The Morgan fingerprint density at radius 1 is 1.20 bits per heavy atom. The highest BCUT2D eigenvalue weighted by atomic mass is 35.5. The van der Waals surface area contributed by atoms with Crippen molar-refractivity contribution in [3.63, 3.8) is 0 Å². The summed E-state index contributed by atoms with van der Waals surface area (Å²) in [5.41, 5.74) is 1.69. The van der Waals surface area contributed by atoms with Gasteiger partial charge in [0.15, 0.2) is 17.5 Å². The number of thiocarbonyl (C=S) groups is 1. The van der Waals surface area contributed by atoms with Gasteiger partial charge in [0.05, 0.1) is 15.7 Å². The first-order valence-corrected chi connectivity index (χ1v) is 9.65. The van der Waals surface area contributed by atoms with Crippen molar-refractivity contribution in [2.75, 3.05) is 11.5 Å². The molecule has 0 saturated carbocycles. The van der Waals surface area contributed by atoms with E-state index in [0.29, 0.717) is 11.3 Å². The Morgan fingerprint density at radius 3 is 2.37 bits per heavy atom. The molecule has 0 unspecified atom stereocenters. The Morgan fingerprint density at radius 2 is 1.80 bits per heavy atom. The minimum absolute atomic E-state index is 0.00948. The molecule has 7 nitrogen and oxygen atoms in total. The second kappa shape index (κ2) is 8.83. The highest BCUT2D eigenvalue weighted by Crippen LogP contribution is 2.35. The first-order chi connectivity index (χ1) is 14.2. The second-order valence-corrected chi connectivity index (χ2v) is 7.49. The number of halogens is 2. The molecule has 1 aliphatic heterocycles. The van der Waals surface area contributed by atoms with Gasteiger partial charge in [-0.15, -0.1) is 0 Å². The smallest absolute Gasteiger partial charge is 0.341 e. The second-order valence-electron chi connectivity index (χ2n) is 6.29. The van der Waals surface area contributed by atoms with Gasteiger partial charge in [0.2, 0.25) is 0 Å². The van der Waals surface area contributed by atoms with E-state index < -0.39 is 24.4 Å². The standard InChI is InChI=1S/C20H14Cl2N2O5S/c1-10-2-4-12(5-3-10)24-19(28)13(18(27)23-20(24)30)6-11-7-14(21)17(15(22)8-11)29-9-16(25)26/h2-8H,9H2,1H3,(H,25,26)(H,23,27,30). The monoisotopic (exact) mass is 464 g/mol. The molecular weight excluding hydrogens is 451 g/mol. The summed E-state index contributed by atoms with van der Waals surface area (Å²) in [5.74, 6) is -2.47. The lowest BCUT2D eigenvalue weighted by atomic mass is 10.1. The van der Waals surface area contributed by atoms with Crippen LogP contribution < -0.4 is 15.0 Å². The fourth-order valence-electron chi connectivity index (χ4n) is 2.69. The molecule has 0 atom stereocenters. The van der Waals surface area contributed by atoms with Gasteiger partial charge in [0.1, 0.15) is 5.57 Å². The van der Waals surface area contributed by atoms with Crippen LogP contribution >= 0.6 is 35.4 Å². The van der Waals surface area contributed by atoms with E-state index in [1.54, 1.807) is 12.1 Å². The lowest BCUT2D eigenvalue weighted by Crippen LogP contribution is -2.54. The lowest BCUT2D eigenvalue weighted by molar-refractivity contribution is -0.139. The summed E-state index contributed by atoms with van der Waals surface area (Å²) >= 11 is 17.4. The average Bonchev–Trinajstić information content (AvgIpc) is 2.65.